The molecule has 0 aromatic heterocycles. The van der Waals surface area contributed by atoms with Crippen molar-refractivity contribution in [3.05, 3.63) is 0 Å². The Morgan fingerprint density at radius 1 is 1.15 bits per heavy atom. The highest BCUT2D eigenvalue weighted by Gasteiger charge is 2.21. The Morgan fingerprint density at radius 2 is 1.69 bits per heavy atom. The first-order valence-electron chi connectivity index (χ1n) is 3.89. The Hall–Kier alpha value is -1.26. The molecule has 0 saturated heterocycles. The van der Waals surface area contributed by atoms with Crippen LogP contribution in [0.15, 0.2) is 0 Å². The molecule has 0 aliphatic rings. The number of carbonyl (C=O) groups is 2. The smallest absolute Gasteiger partial charge is 0.438 e. The molecule has 1 unspecified atom stereocenters. The second kappa shape index (κ2) is 5.40. The summed E-state index contributed by atoms with van der Waals surface area (Å²) in [5.41, 5.74) is 0. The molecule has 0 aromatic carbocycles. The topological polar surface area (TPSA) is 61.8 Å². The standard InChI is InChI=1S/C8H14O5/c1-5(2)7(12-6(3)9)13-8(10)11-4/h5,7H,1-4H3. The average molecular weight is 190 g/mol. The van der Waals surface area contributed by atoms with E-state index >= 15 is 0 Å². The first-order valence-corrected chi connectivity index (χ1v) is 3.89. The lowest BCUT2D eigenvalue weighted by atomic mass is 10.2. The maximum Gasteiger partial charge on any atom is 0.511 e. The van der Waals surface area contributed by atoms with Gasteiger partial charge >= 0.3 is 12.1 Å². The number of hydrogen-bond donors (Lipinski definition) is 0. The van der Waals surface area contributed by atoms with E-state index in [0.29, 0.717) is 0 Å². The van der Waals surface area contributed by atoms with Crippen molar-refractivity contribution in [2.24, 2.45) is 5.92 Å². The average Bonchev–Trinajstić information content (AvgIpc) is 2.02. The molecule has 0 saturated carbocycles. The molecular formula is C8H14O5. The fourth-order valence-electron chi connectivity index (χ4n) is 0.603. The van der Waals surface area contributed by atoms with Crippen molar-refractivity contribution in [3.8, 4) is 0 Å². The molecule has 0 rings (SSSR count). The Balaban J connectivity index is 4.09. The lowest BCUT2D eigenvalue weighted by molar-refractivity contribution is -0.175. The van der Waals surface area contributed by atoms with Gasteiger partial charge < -0.3 is 14.2 Å². The maximum absolute atomic E-state index is 10.7. The van der Waals surface area contributed by atoms with Crippen molar-refractivity contribution < 1.29 is 23.8 Å². The van der Waals surface area contributed by atoms with E-state index in [1.165, 1.54) is 14.0 Å². The lowest BCUT2D eigenvalue weighted by Crippen LogP contribution is -2.28. The molecule has 0 heterocycles. The molecule has 0 aliphatic heterocycles. The highest BCUT2D eigenvalue weighted by atomic mass is 16.8. The molecule has 0 amide bonds. The van der Waals surface area contributed by atoms with Crippen LogP contribution < -0.4 is 0 Å². The van der Waals surface area contributed by atoms with Crippen molar-refractivity contribution in [2.45, 2.75) is 27.1 Å². The summed E-state index contributed by atoms with van der Waals surface area (Å²) in [5, 5.41) is 0. The first-order chi connectivity index (χ1) is 5.97. The minimum atomic E-state index is -0.884. The van der Waals surface area contributed by atoms with Crippen LogP contribution in [0, 0.1) is 5.92 Å². The second-order valence-corrected chi connectivity index (χ2v) is 2.79. The molecule has 5 heteroatoms. The molecule has 76 valence electrons. The maximum atomic E-state index is 10.7. The van der Waals surface area contributed by atoms with Gasteiger partial charge in [0.15, 0.2) is 0 Å². The number of methoxy groups -OCH3 is 1. The predicted molar refractivity (Wildman–Crippen MR) is 43.9 cm³/mol. The van der Waals surface area contributed by atoms with Crippen molar-refractivity contribution in [2.75, 3.05) is 7.11 Å². The van der Waals surface area contributed by atoms with Gasteiger partial charge in [0.25, 0.3) is 6.29 Å². The highest BCUT2D eigenvalue weighted by Crippen LogP contribution is 2.09. The molecule has 0 radical (unpaired) electrons. The van der Waals surface area contributed by atoms with E-state index in [2.05, 4.69) is 9.47 Å². The van der Waals surface area contributed by atoms with Crippen LogP contribution >= 0.6 is 0 Å². The third-order valence-corrected chi connectivity index (χ3v) is 1.21. The van der Waals surface area contributed by atoms with Crippen LogP contribution in [0.5, 0.6) is 0 Å². The quantitative estimate of drug-likeness (QED) is 0.496. The van der Waals surface area contributed by atoms with Gasteiger partial charge in [-0.1, -0.05) is 13.8 Å². The second-order valence-electron chi connectivity index (χ2n) is 2.79. The van der Waals surface area contributed by atoms with Gasteiger partial charge in [-0.15, -0.1) is 0 Å². The lowest BCUT2D eigenvalue weighted by Gasteiger charge is -2.19. The number of esters is 1. The summed E-state index contributed by atoms with van der Waals surface area (Å²) in [6.07, 6.45) is -1.75. The van der Waals surface area contributed by atoms with E-state index in [0.717, 1.165) is 0 Å². The minimum absolute atomic E-state index is 0.108. The summed E-state index contributed by atoms with van der Waals surface area (Å²) in [7, 11) is 1.19. The Kier molecular flexibility index (Phi) is 4.87. The predicted octanol–water partition coefficient (Wildman–Crippen LogP) is 1.31. The summed E-state index contributed by atoms with van der Waals surface area (Å²) < 4.78 is 13.6. The first kappa shape index (κ1) is 11.7. The zero-order chi connectivity index (χ0) is 10.4. The van der Waals surface area contributed by atoms with Gasteiger partial charge in [0.1, 0.15) is 0 Å². The van der Waals surface area contributed by atoms with Crippen LogP contribution in [0.2, 0.25) is 0 Å². The van der Waals surface area contributed by atoms with Gasteiger partial charge in [0.2, 0.25) is 0 Å². The number of carbonyl (C=O) groups excluding carboxylic acids is 2. The van der Waals surface area contributed by atoms with E-state index in [9.17, 15) is 9.59 Å². The van der Waals surface area contributed by atoms with Crippen molar-refractivity contribution in [1.82, 2.24) is 0 Å². The Bertz CT molecular complexity index is 187. The van der Waals surface area contributed by atoms with Crippen LogP contribution in [0.3, 0.4) is 0 Å². The fourth-order valence-corrected chi connectivity index (χ4v) is 0.603. The van der Waals surface area contributed by atoms with Crippen LogP contribution in [0.25, 0.3) is 0 Å². The number of ether oxygens (including phenoxy) is 3. The molecule has 1 atom stereocenters. The third-order valence-electron chi connectivity index (χ3n) is 1.21. The van der Waals surface area contributed by atoms with Gasteiger partial charge in [-0.25, -0.2) is 4.79 Å². The Labute approximate surface area is 77.0 Å². The molecule has 5 nitrogen and oxygen atoms in total. The molecule has 0 spiro atoms. The molecule has 0 N–H and O–H groups in total. The van der Waals surface area contributed by atoms with E-state index in [1.54, 1.807) is 13.8 Å². The molecule has 0 fully saturated rings. The monoisotopic (exact) mass is 190 g/mol. The fraction of sp³-hybridized carbons (Fsp3) is 0.750. The van der Waals surface area contributed by atoms with Crippen LogP contribution in [0.4, 0.5) is 4.79 Å². The molecule has 0 aliphatic carbocycles. The van der Waals surface area contributed by atoms with Crippen molar-refractivity contribution in [1.29, 1.82) is 0 Å². The van der Waals surface area contributed by atoms with Gasteiger partial charge in [-0.3, -0.25) is 4.79 Å². The summed E-state index contributed by atoms with van der Waals surface area (Å²) in [4.78, 5) is 21.2. The number of rotatable bonds is 3. The number of hydrogen-bond acceptors (Lipinski definition) is 5. The van der Waals surface area contributed by atoms with E-state index in [4.69, 9.17) is 4.74 Å². The van der Waals surface area contributed by atoms with Gasteiger partial charge in [-0.2, -0.15) is 0 Å². The minimum Gasteiger partial charge on any atom is -0.438 e. The molecule has 0 bridgehead atoms. The zero-order valence-corrected chi connectivity index (χ0v) is 8.20. The zero-order valence-electron chi connectivity index (χ0n) is 8.20. The van der Waals surface area contributed by atoms with Gasteiger partial charge in [0.05, 0.1) is 7.11 Å². The largest absolute Gasteiger partial charge is 0.511 e. The van der Waals surface area contributed by atoms with Crippen LogP contribution in [-0.2, 0) is 19.0 Å². The highest BCUT2D eigenvalue weighted by molar-refractivity contribution is 5.66. The van der Waals surface area contributed by atoms with Crippen LogP contribution in [0.1, 0.15) is 20.8 Å². The Morgan fingerprint density at radius 3 is 2.00 bits per heavy atom. The van der Waals surface area contributed by atoms with E-state index < -0.39 is 18.4 Å². The summed E-state index contributed by atoms with van der Waals surface area (Å²) >= 11 is 0. The van der Waals surface area contributed by atoms with Crippen LogP contribution in [-0.4, -0.2) is 25.5 Å². The SMILES string of the molecule is COC(=O)OC(OC(C)=O)C(C)C. The summed E-state index contributed by atoms with van der Waals surface area (Å²) in [5.74, 6) is -0.606. The van der Waals surface area contributed by atoms with E-state index in [1.807, 2.05) is 0 Å². The van der Waals surface area contributed by atoms with Gasteiger partial charge in [-0.05, 0) is 0 Å². The molecular weight excluding hydrogens is 176 g/mol. The normalized spacial score (nSPS) is 12.1. The van der Waals surface area contributed by atoms with Gasteiger partial charge in [0, 0.05) is 12.8 Å². The summed E-state index contributed by atoms with van der Waals surface area (Å²) in [6, 6.07) is 0. The molecule has 13 heavy (non-hydrogen) atoms. The van der Waals surface area contributed by atoms with Crippen molar-refractivity contribution >= 4 is 12.1 Å². The van der Waals surface area contributed by atoms with E-state index in [-0.39, 0.29) is 5.92 Å². The van der Waals surface area contributed by atoms with Crippen molar-refractivity contribution in [3.63, 3.8) is 0 Å². The summed E-state index contributed by atoms with van der Waals surface area (Å²) in [6.45, 7) is 4.77. The third kappa shape index (κ3) is 5.05. The molecule has 0 aromatic rings.